The Balaban J connectivity index is 2.33. The second-order valence-corrected chi connectivity index (χ2v) is 4.08. The van der Waals surface area contributed by atoms with Gasteiger partial charge in [0.1, 0.15) is 5.82 Å². The lowest BCUT2D eigenvalue weighted by Gasteiger charge is -2.07. The summed E-state index contributed by atoms with van der Waals surface area (Å²) in [6.45, 7) is 0. The summed E-state index contributed by atoms with van der Waals surface area (Å²) in [5.41, 5.74) is 7.70. The quantitative estimate of drug-likeness (QED) is 0.749. The molecule has 80 valence electrons. The molecular weight excluding hydrogens is 189 g/mol. The van der Waals surface area contributed by atoms with Crippen molar-refractivity contribution in [3.05, 3.63) is 41.7 Å². The monoisotopic (exact) mass is 205 g/mol. The normalized spacial score (nSPS) is 22.0. The zero-order valence-electron chi connectivity index (χ0n) is 8.75. The molecule has 1 unspecified atom stereocenters. The third kappa shape index (κ3) is 2.45. The fourth-order valence-electron chi connectivity index (χ4n) is 2.07. The Morgan fingerprint density at radius 1 is 1.20 bits per heavy atom. The van der Waals surface area contributed by atoms with Crippen LogP contribution in [0.4, 0.5) is 4.39 Å². The second kappa shape index (κ2) is 4.58. The highest BCUT2D eigenvalue weighted by Crippen LogP contribution is 2.27. The maximum atomic E-state index is 13.6. The van der Waals surface area contributed by atoms with Crippen LogP contribution < -0.4 is 5.73 Å². The third-order valence-corrected chi connectivity index (χ3v) is 2.87. The van der Waals surface area contributed by atoms with Crippen LogP contribution in [0, 0.1) is 5.82 Å². The van der Waals surface area contributed by atoms with E-state index in [1.54, 1.807) is 6.07 Å². The van der Waals surface area contributed by atoms with Gasteiger partial charge in [0.05, 0.1) is 0 Å². The van der Waals surface area contributed by atoms with E-state index in [9.17, 15) is 4.39 Å². The largest absolute Gasteiger partial charge is 0.324 e. The van der Waals surface area contributed by atoms with Gasteiger partial charge in [0.15, 0.2) is 0 Å². The zero-order valence-corrected chi connectivity index (χ0v) is 8.75. The Hall–Kier alpha value is -1.15. The summed E-state index contributed by atoms with van der Waals surface area (Å²) in [6.07, 6.45) is 6.21. The molecule has 0 fully saturated rings. The average molecular weight is 205 g/mol. The van der Waals surface area contributed by atoms with Crippen molar-refractivity contribution in [1.82, 2.24) is 0 Å². The highest BCUT2D eigenvalue weighted by Gasteiger charge is 2.12. The van der Waals surface area contributed by atoms with Crippen LogP contribution in [0.2, 0.25) is 0 Å². The van der Waals surface area contributed by atoms with Crippen molar-refractivity contribution < 1.29 is 4.39 Å². The minimum absolute atomic E-state index is 0.0853. The van der Waals surface area contributed by atoms with E-state index in [-0.39, 0.29) is 11.9 Å². The molecule has 1 aromatic carbocycles. The van der Waals surface area contributed by atoms with E-state index in [4.69, 9.17) is 5.73 Å². The lowest BCUT2D eigenvalue weighted by atomic mass is 10.0. The number of hydrogen-bond acceptors (Lipinski definition) is 1. The number of allylic oxidation sites excluding steroid dienone is 1. The van der Waals surface area contributed by atoms with E-state index in [0.29, 0.717) is 0 Å². The molecule has 2 rings (SSSR count). The first kappa shape index (κ1) is 10.4. The topological polar surface area (TPSA) is 26.0 Å². The molecule has 0 aromatic heterocycles. The van der Waals surface area contributed by atoms with Crippen molar-refractivity contribution in [2.75, 3.05) is 0 Å². The number of hydrogen-bond donors (Lipinski definition) is 1. The molecule has 0 radical (unpaired) electrons. The molecule has 0 heterocycles. The van der Waals surface area contributed by atoms with Crippen LogP contribution >= 0.6 is 0 Å². The van der Waals surface area contributed by atoms with E-state index in [2.05, 4.69) is 0 Å². The minimum atomic E-state index is -0.141. The van der Waals surface area contributed by atoms with Crippen LogP contribution in [0.25, 0.3) is 5.57 Å². The Bertz CT molecular complexity index is 371. The van der Waals surface area contributed by atoms with Gasteiger partial charge in [-0.2, -0.15) is 0 Å². The minimum Gasteiger partial charge on any atom is -0.324 e. The fourth-order valence-corrected chi connectivity index (χ4v) is 2.07. The predicted molar refractivity (Wildman–Crippen MR) is 60.8 cm³/mol. The summed E-state index contributed by atoms with van der Waals surface area (Å²) in [5.74, 6) is -0.141. The molecule has 0 amide bonds. The summed E-state index contributed by atoms with van der Waals surface area (Å²) in [6, 6.07) is 7.01. The first-order valence-electron chi connectivity index (χ1n) is 5.48. The van der Waals surface area contributed by atoms with Crippen LogP contribution in [0.1, 0.15) is 31.2 Å². The number of halogens is 1. The van der Waals surface area contributed by atoms with Gasteiger partial charge in [-0.3, -0.25) is 0 Å². The van der Waals surface area contributed by atoms with Gasteiger partial charge in [-0.25, -0.2) is 4.39 Å². The van der Waals surface area contributed by atoms with Crippen LogP contribution in [-0.2, 0) is 0 Å². The summed E-state index contributed by atoms with van der Waals surface area (Å²) >= 11 is 0. The van der Waals surface area contributed by atoms with Crippen LogP contribution in [0.5, 0.6) is 0 Å². The van der Waals surface area contributed by atoms with Crippen molar-refractivity contribution >= 4 is 5.57 Å². The Labute approximate surface area is 89.8 Å². The van der Waals surface area contributed by atoms with Gasteiger partial charge >= 0.3 is 0 Å². The molecule has 2 N–H and O–H groups in total. The Kier molecular flexibility index (Phi) is 3.17. The summed E-state index contributed by atoms with van der Waals surface area (Å²) in [4.78, 5) is 0. The first-order valence-corrected chi connectivity index (χ1v) is 5.48. The highest BCUT2D eigenvalue weighted by molar-refractivity contribution is 5.66. The third-order valence-electron chi connectivity index (χ3n) is 2.87. The van der Waals surface area contributed by atoms with E-state index in [1.807, 2.05) is 18.2 Å². The van der Waals surface area contributed by atoms with Crippen molar-refractivity contribution in [3.8, 4) is 0 Å². The fraction of sp³-hybridized carbons (Fsp3) is 0.385. The summed E-state index contributed by atoms with van der Waals surface area (Å²) < 4.78 is 13.6. The van der Waals surface area contributed by atoms with Crippen molar-refractivity contribution in [2.45, 2.75) is 31.7 Å². The molecule has 0 spiro atoms. The van der Waals surface area contributed by atoms with Gasteiger partial charge in [-0.05, 0) is 30.9 Å². The molecule has 1 atom stereocenters. The first-order chi connectivity index (χ1) is 7.27. The average Bonchev–Trinajstić information content (AvgIpc) is 2.43. The van der Waals surface area contributed by atoms with Gasteiger partial charge < -0.3 is 5.73 Å². The molecular formula is C13H16FN. The van der Waals surface area contributed by atoms with Gasteiger partial charge in [0.25, 0.3) is 0 Å². The molecule has 2 heteroatoms. The van der Waals surface area contributed by atoms with Crippen molar-refractivity contribution in [1.29, 1.82) is 0 Å². The van der Waals surface area contributed by atoms with Crippen molar-refractivity contribution in [2.24, 2.45) is 5.73 Å². The highest BCUT2D eigenvalue weighted by atomic mass is 19.1. The molecule has 0 bridgehead atoms. The van der Waals surface area contributed by atoms with Gasteiger partial charge in [0, 0.05) is 11.6 Å². The number of nitrogens with two attached hydrogens (primary N) is 1. The number of rotatable bonds is 1. The summed E-state index contributed by atoms with van der Waals surface area (Å²) in [5, 5.41) is 0. The Morgan fingerprint density at radius 2 is 2.00 bits per heavy atom. The van der Waals surface area contributed by atoms with E-state index in [0.717, 1.165) is 36.8 Å². The zero-order chi connectivity index (χ0) is 10.7. The molecule has 1 nitrogen and oxygen atoms in total. The van der Waals surface area contributed by atoms with Crippen LogP contribution in [0.15, 0.2) is 30.3 Å². The van der Waals surface area contributed by atoms with Crippen LogP contribution in [0.3, 0.4) is 0 Å². The standard InChI is InChI=1S/C13H16FN/c14-13-8-4-3-7-12(13)10-5-1-2-6-11(15)9-10/h3-4,7-9,11H,1-2,5-6,15H2. The summed E-state index contributed by atoms with van der Waals surface area (Å²) in [7, 11) is 0. The lowest BCUT2D eigenvalue weighted by Crippen LogP contribution is -2.15. The lowest BCUT2D eigenvalue weighted by molar-refractivity contribution is 0.622. The van der Waals surface area contributed by atoms with Gasteiger partial charge in [-0.1, -0.05) is 30.7 Å². The SMILES string of the molecule is NC1C=C(c2ccccc2F)CCCC1. The molecule has 15 heavy (non-hydrogen) atoms. The molecule has 1 aromatic rings. The Morgan fingerprint density at radius 3 is 2.80 bits per heavy atom. The predicted octanol–water partition coefficient (Wildman–Crippen LogP) is 3.11. The number of benzene rings is 1. The van der Waals surface area contributed by atoms with Crippen LogP contribution in [-0.4, -0.2) is 6.04 Å². The molecule has 0 saturated carbocycles. The van der Waals surface area contributed by atoms with E-state index >= 15 is 0 Å². The van der Waals surface area contributed by atoms with Gasteiger partial charge in [0.2, 0.25) is 0 Å². The maximum Gasteiger partial charge on any atom is 0.130 e. The smallest absolute Gasteiger partial charge is 0.130 e. The van der Waals surface area contributed by atoms with E-state index in [1.165, 1.54) is 6.07 Å². The molecule has 0 saturated heterocycles. The second-order valence-electron chi connectivity index (χ2n) is 4.08. The van der Waals surface area contributed by atoms with E-state index < -0.39 is 0 Å². The van der Waals surface area contributed by atoms with Gasteiger partial charge in [-0.15, -0.1) is 0 Å². The molecule has 0 aliphatic heterocycles. The molecule has 1 aliphatic carbocycles. The van der Waals surface area contributed by atoms with Crippen molar-refractivity contribution in [3.63, 3.8) is 0 Å². The molecule has 1 aliphatic rings. The maximum absolute atomic E-state index is 13.6.